The maximum atomic E-state index is 13.4. The van der Waals surface area contributed by atoms with Gasteiger partial charge in [-0.3, -0.25) is 4.79 Å². The van der Waals surface area contributed by atoms with Gasteiger partial charge in [0, 0.05) is 25.6 Å². The summed E-state index contributed by atoms with van der Waals surface area (Å²) < 4.78 is 19.6. The Hall–Kier alpha value is -2.67. The van der Waals surface area contributed by atoms with Gasteiger partial charge in [0.15, 0.2) is 5.13 Å². The lowest BCUT2D eigenvalue weighted by molar-refractivity contribution is -0.125. The van der Waals surface area contributed by atoms with E-state index in [1.54, 1.807) is 13.2 Å². The third-order valence-electron chi connectivity index (χ3n) is 5.36. The number of methoxy groups -OCH3 is 1. The van der Waals surface area contributed by atoms with Gasteiger partial charge < -0.3 is 15.0 Å². The lowest BCUT2D eigenvalue weighted by Gasteiger charge is -2.31. The van der Waals surface area contributed by atoms with Gasteiger partial charge in [-0.25, -0.2) is 9.37 Å². The Bertz CT molecular complexity index is 999. The molecule has 1 aliphatic heterocycles. The van der Waals surface area contributed by atoms with E-state index in [4.69, 9.17) is 4.74 Å². The highest BCUT2D eigenvalue weighted by Crippen LogP contribution is 2.32. The predicted molar refractivity (Wildman–Crippen MR) is 114 cm³/mol. The maximum absolute atomic E-state index is 13.4. The number of carbonyl (C=O) groups excluding carboxylic acids is 1. The Balaban J connectivity index is 1.28. The average Bonchev–Trinajstić information content (AvgIpc) is 3.17. The van der Waals surface area contributed by atoms with E-state index in [9.17, 15) is 9.18 Å². The van der Waals surface area contributed by atoms with E-state index in [0.717, 1.165) is 59.0 Å². The number of hydrogen-bond acceptors (Lipinski definition) is 5. The Labute approximate surface area is 173 Å². The molecule has 1 fully saturated rings. The highest BCUT2D eigenvalue weighted by atomic mass is 32.1. The Morgan fingerprint density at radius 1 is 1.28 bits per heavy atom. The van der Waals surface area contributed by atoms with Crippen molar-refractivity contribution in [3.8, 4) is 5.75 Å². The van der Waals surface area contributed by atoms with E-state index in [2.05, 4.69) is 15.2 Å². The van der Waals surface area contributed by atoms with Crippen LogP contribution in [-0.4, -0.2) is 37.6 Å². The van der Waals surface area contributed by atoms with Gasteiger partial charge in [-0.1, -0.05) is 29.5 Å². The van der Waals surface area contributed by atoms with Gasteiger partial charge in [0.1, 0.15) is 11.6 Å². The maximum Gasteiger partial charge on any atom is 0.223 e. The molecule has 1 amide bonds. The van der Waals surface area contributed by atoms with Crippen molar-refractivity contribution in [2.24, 2.45) is 5.92 Å². The smallest absolute Gasteiger partial charge is 0.223 e. The molecule has 0 saturated carbocycles. The van der Waals surface area contributed by atoms with Crippen LogP contribution in [-0.2, 0) is 11.2 Å². The van der Waals surface area contributed by atoms with Crippen molar-refractivity contribution in [2.75, 3.05) is 31.6 Å². The summed E-state index contributed by atoms with van der Waals surface area (Å²) in [6.07, 6.45) is 2.34. The topological polar surface area (TPSA) is 54.5 Å². The van der Waals surface area contributed by atoms with Crippen LogP contribution in [0.5, 0.6) is 5.75 Å². The zero-order valence-corrected chi connectivity index (χ0v) is 17.2. The van der Waals surface area contributed by atoms with E-state index in [1.165, 1.54) is 23.5 Å². The van der Waals surface area contributed by atoms with Crippen molar-refractivity contribution in [3.05, 3.63) is 53.8 Å². The van der Waals surface area contributed by atoms with Crippen LogP contribution in [0.4, 0.5) is 9.52 Å². The molecule has 1 aromatic heterocycles. The first-order valence-electron chi connectivity index (χ1n) is 9.84. The van der Waals surface area contributed by atoms with E-state index in [1.807, 2.05) is 24.3 Å². The van der Waals surface area contributed by atoms with Crippen LogP contribution in [0.15, 0.2) is 42.5 Å². The number of nitrogens with zero attached hydrogens (tertiary/aromatic N) is 2. The predicted octanol–water partition coefficient (Wildman–Crippen LogP) is 4.02. The summed E-state index contributed by atoms with van der Waals surface area (Å²) >= 11 is 1.50. The molecule has 0 radical (unpaired) electrons. The number of carbonyl (C=O) groups is 1. The summed E-state index contributed by atoms with van der Waals surface area (Å²) in [7, 11) is 1.66. The molecule has 4 rings (SSSR count). The Kier molecular flexibility index (Phi) is 5.94. The largest absolute Gasteiger partial charge is 0.496 e. The van der Waals surface area contributed by atoms with E-state index < -0.39 is 0 Å². The molecule has 3 aromatic rings. The summed E-state index contributed by atoms with van der Waals surface area (Å²) in [4.78, 5) is 19.4. The van der Waals surface area contributed by atoms with Crippen molar-refractivity contribution in [2.45, 2.75) is 19.3 Å². The molecule has 29 heavy (non-hydrogen) atoms. The number of benzene rings is 2. The summed E-state index contributed by atoms with van der Waals surface area (Å²) in [6.45, 7) is 2.17. The molecular weight excluding hydrogens is 389 g/mol. The van der Waals surface area contributed by atoms with Gasteiger partial charge >= 0.3 is 0 Å². The van der Waals surface area contributed by atoms with Gasteiger partial charge in [-0.2, -0.15) is 0 Å². The number of thiazole rings is 1. The molecule has 2 aromatic carbocycles. The third kappa shape index (κ3) is 4.50. The van der Waals surface area contributed by atoms with Crippen molar-refractivity contribution < 1.29 is 13.9 Å². The second kappa shape index (κ2) is 8.78. The molecule has 5 nitrogen and oxygen atoms in total. The van der Waals surface area contributed by atoms with Crippen LogP contribution in [0.3, 0.4) is 0 Å². The number of ether oxygens (including phenoxy) is 1. The minimum atomic E-state index is -0.240. The van der Waals surface area contributed by atoms with Crippen LogP contribution < -0.4 is 15.0 Å². The van der Waals surface area contributed by atoms with E-state index >= 15 is 0 Å². The fourth-order valence-corrected chi connectivity index (χ4v) is 4.77. The second-order valence-corrected chi connectivity index (χ2v) is 8.23. The summed E-state index contributed by atoms with van der Waals surface area (Å²) in [5.41, 5.74) is 1.92. The second-order valence-electron chi connectivity index (χ2n) is 7.22. The number of nitrogens with one attached hydrogen (secondary N) is 1. The number of anilines is 1. The quantitative estimate of drug-likeness (QED) is 0.663. The van der Waals surface area contributed by atoms with Crippen LogP contribution >= 0.6 is 11.3 Å². The number of fused-ring (bicyclic) bond motifs is 1. The fraction of sp³-hybridized carbons (Fsp3) is 0.364. The number of amides is 1. The minimum Gasteiger partial charge on any atom is -0.496 e. The molecule has 0 unspecified atom stereocenters. The molecule has 7 heteroatoms. The van der Waals surface area contributed by atoms with Crippen LogP contribution in [0, 0.1) is 11.7 Å². The molecule has 0 atom stereocenters. The van der Waals surface area contributed by atoms with Crippen LogP contribution in [0.1, 0.15) is 18.4 Å². The molecular formula is C22H24FN3O2S. The van der Waals surface area contributed by atoms with Crippen molar-refractivity contribution >= 4 is 32.6 Å². The standard InChI is InChI=1S/C22H24FN3O2S/c1-28-19-5-3-2-4-15(19)8-11-24-21(27)16-9-12-26(13-10-16)22-25-18-7-6-17(23)14-20(18)29-22/h2-7,14,16H,8-13H2,1H3,(H,24,27). The van der Waals surface area contributed by atoms with E-state index in [-0.39, 0.29) is 17.6 Å². The monoisotopic (exact) mass is 413 g/mol. The zero-order valence-electron chi connectivity index (χ0n) is 16.4. The Morgan fingerprint density at radius 3 is 2.86 bits per heavy atom. The first-order chi connectivity index (χ1) is 14.1. The highest BCUT2D eigenvalue weighted by Gasteiger charge is 2.26. The molecule has 2 heterocycles. The lowest BCUT2D eigenvalue weighted by atomic mass is 9.96. The van der Waals surface area contributed by atoms with Crippen LogP contribution in [0.25, 0.3) is 10.2 Å². The summed E-state index contributed by atoms with van der Waals surface area (Å²) in [5.74, 6) is 0.753. The number of aromatic nitrogens is 1. The zero-order chi connectivity index (χ0) is 20.2. The molecule has 0 spiro atoms. The SMILES string of the molecule is COc1ccccc1CCNC(=O)C1CCN(c2nc3ccc(F)cc3s2)CC1. The number of piperidine rings is 1. The number of rotatable bonds is 6. The number of halogens is 1. The first-order valence-corrected chi connectivity index (χ1v) is 10.7. The molecule has 1 aliphatic rings. The highest BCUT2D eigenvalue weighted by molar-refractivity contribution is 7.22. The van der Waals surface area contributed by atoms with Crippen LogP contribution in [0.2, 0.25) is 0 Å². The van der Waals surface area contributed by atoms with Gasteiger partial charge in [0.05, 0.1) is 17.3 Å². The first kappa shape index (κ1) is 19.6. The molecule has 1 saturated heterocycles. The summed E-state index contributed by atoms with van der Waals surface area (Å²) in [6, 6.07) is 12.6. The average molecular weight is 414 g/mol. The number of hydrogen-bond donors (Lipinski definition) is 1. The van der Waals surface area contributed by atoms with Gasteiger partial charge in [-0.15, -0.1) is 0 Å². The van der Waals surface area contributed by atoms with E-state index in [0.29, 0.717) is 6.54 Å². The minimum absolute atomic E-state index is 0.0238. The van der Waals surface area contributed by atoms with Crippen molar-refractivity contribution in [1.29, 1.82) is 0 Å². The third-order valence-corrected chi connectivity index (χ3v) is 6.44. The van der Waals surface area contributed by atoms with Gasteiger partial charge in [0.2, 0.25) is 5.91 Å². The lowest BCUT2D eigenvalue weighted by Crippen LogP contribution is -2.41. The van der Waals surface area contributed by atoms with Crippen molar-refractivity contribution in [3.63, 3.8) is 0 Å². The Morgan fingerprint density at radius 2 is 2.07 bits per heavy atom. The molecule has 0 bridgehead atoms. The molecule has 1 N–H and O–H groups in total. The molecule has 0 aliphatic carbocycles. The summed E-state index contributed by atoms with van der Waals surface area (Å²) in [5, 5.41) is 3.97. The number of para-hydroxylation sites is 1. The van der Waals surface area contributed by atoms with Gasteiger partial charge in [0.25, 0.3) is 0 Å². The normalized spacial score (nSPS) is 14.9. The van der Waals surface area contributed by atoms with Crippen molar-refractivity contribution in [1.82, 2.24) is 10.3 Å². The van der Waals surface area contributed by atoms with Gasteiger partial charge in [-0.05, 0) is 49.1 Å². The fourth-order valence-electron chi connectivity index (χ4n) is 3.73. The molecule has 152 valence electrons.